The Morgan fingerprint density at radius 1 is 1.42 bits per heavy atom. The molecule has 1 aliphatic heterocycles. The SMILES string of the molecule is CN(C)c1ncncc1NC(=O)C1CCCOCC1. The molecule has 1 atom stereocenters. The maximum absolute atomic E-state index is 12.3. The topological polar surface area (TPSA) is 67.4 Å². The quantitative estimate of drug-likeness (QED) is 0.891. The Hall–Kier alpha value is -1.69. The summed E-state index contributed by atoms with van der Waals surface area (Å²) >= 11 is 0. The molecule has 0 radical (unpaired) electrons. The van der Waals surface area contributed by atoms with Crippen molar-refractivity contribution in [2.45, 2.75) is 19.3 Å². The van der Waals surface area contributed by atoms with Crippen LogP contribution in [0.2, 0.25) is 0 Å². The molecule has 1 unspecified atom stereocenters. The van der Waals surface area contributed by atoms with Gasteiger partial charge in [0.25, 0.3) is 0 Å². The van der Waals surface area contributed by atoms with Crippen LogP contribution in [-0.4, -0.2) is 43.2 Å². The maximum Gasteiger partial charge on any atom is 0.227 e. The van der Waals surface area contributed by atoms with Crippen LogP contribution in [0.5, 0.6) is 0 Å². The van der Waals surface area contributed by atoms with Crippen LogP contribution in [-0.2, 0) is 9.53 Å². The third-order valence-electron chi connectivity index (χ3n) is 3.20. The van der Waals surface area contributed by atoms with Gasteiger partial charge in [-0.15, -0.1) is 0 Å². The number of hydrogen-bond donors (Lipinski definition) is 1. The molecule has 1 amide bonds. The van der Waals surface area contributed by atoms with Crippen molar-refractivity contribution in [1.82, 2.24) is 9.97 Å². The van der Waals surface area contributed by atoms with Gasteiger partial charge in [0, 0.05) is 33.2 Å². The maximum atomic E-state index is 12.3. The normalized spacial score (nSPS) is 19.6. The summed E-state index contributed by atoms with van der Waals surface area (Å²) in [7, 11) is 3.77. The van der Waals surface area contributed by atoms with Crippen LogP contribution in [0.4, 0.5) is 11.5 Å². The van der Waals surface area contributed by atoms with E-state index >= 15 is 0 Å². The molecule has 0 aliphatic carbocycles. The number of anilines is 2. The van der Waals surface area contributed by atoms with Gasteiger partial charge in [0.2, 0.25) is 5.91 Å². The van der Waals surface area contributed by atoms with Gasteiger partial charge in [0.05, 0.1) is 6.20 Å². The number of aromatic nitrogens is 2. The van der Waals surface area contributed by atoms with Gasteiger partial charge in [-0.05, 0) is 19.3 Å². The molecule has 0 bridgehead atoms. The summed E-state index contributed by atoms with van der Waals surface area (Å²) in [6.45, 7) is 1.41. The number of carbonyl (C=O) groups excluding carboxylic acids is 1. The molecule has 0 aromatic carbocycles. The largest absolute Gasteiger partial charge is 0.381 e. The summed E-state index contributed by atoms with van der Waals surface area (Å²) in [5, 5.41) is 2.93. The number of hydrogen-bond acceptors (Lipinski definition) is 5. The van der Waals surface area contributed by atoms with E-state index in [1.54, 1.807) is 6.20 Å². The van der Waals surface area contributed by atoms with Crippen molar-refractivity contribution in [2.75, 3.05) is 37.5 Å². The van der Waals surface area contributed by atoms with Gasteiger partial charge in [-0.3, -0.25) is 4.79 Å². The van der Waals surface area contributed by atoms with Crippen molar-refractivity contribution in [3.63, 3.8) is 0 Å². The van der Waals surface area contributed by atoms with Gasteiger partial charge in [-0.25, -0.2) is 9.97 Å². The highest BCUT2D eigenvalue weighted by Crippen LogP contribution is 2.22. The summed E-state index contributed by atoms with van der Waals surface area (Å²) < 4.78 is 5.37. The van der Waals surface area contributed by atoms with E-state index < -0.39 is 0 Å². The zero-order valence-corrected chi connectivity index (χ0v) is 11.4. The van der Waals surface area contributed by atoms with Crippen LogP contribution in [0.15, 0.2) is 12.5 Å². The molecule has 1 aromatic heterocycles. The lowest BCUT2D eigenvalue weighted by Gasteiger charge is -2.18. The predicted octanol–water partition coefficient (Wildman–Crippen LogP) is 1.30. The number of nitrogens with one attached hydrogen (secondary N) is 1. The molecule has 0 spiro atoms. The Labute approximate surface area is 113 Å². The van der Waals surface area contributed by atoms with Crippen molar-refractivity contribution in [1.29, 1.82) is 0 Å². The van der Waals surface area contributed by atoms with Crippen molar-refractivity contribution in [3.05, 3.63) is 12.5 Å². The smallest absolute Gasteiger partial charge is 0.227 e. The van der Waals surface area contributed by atoms with Crippen LogP contribution < -0.4 is 10.2 Å². The molecule has 1 saturated heterocycles. The third kappa shape index (κ3) is 3.64. The first kappa shape index (κ1) is 13.7. The Balaban J connectivity index is 2.05. The molecule has 19 heavy (non-hydrogen) atoms. The minimum atomic E-state index is 0.0118. The van der Waals surface area contributed by atoms with E-state index in [1.807, 2.05) is 19.0 Å². The number of nitrogens with zero attached hydrogens (tertiary/aromatic N) is 3. The lowest BCUT2D eigenvalue weighted by atomic mass is 10.00. The fourth-order valence-corrected chi connectivity index (χ4v) is 2.17. The standard InChI is InChI=1S/C13H20N4O2/c1-17(2)12-11(8-14-9-15-12)16-13(18)10-4-3-6-19-7-5-10/h8-10H,3-7H2,1-2H3,(H,16,18). The minimum absolute atomic E-state index is 0.0118. The molecular weight excluding hydrogens is 244 g/mol. The molecule has 6 heteroatoms. The average molecular weight is 264 g/mol. The Morgan fingerprint density at radius 2 is 2.26 bits per heavy atom. The zero-order valence-electron chi connectivity index (χ0n) is 11.4. The second kappa shape index (κ2) is 6.47. The van der Waals surface area contributed by atoms with Crippen molar-refractivity contribution in [3.8, 4) is 0 Å². The first-order valence-corrected chi connectivity index (χ1v) is 6.54. The summed E-state index contributed by atoms with van der Waals surface area (Å²) in [5.74, 6) is 0.759. The molecule has 1 fully saturated rings. The van der Waals surface area contributed by atoms with E-state index in [9.17, 15) is 4.79 Å². The molecule has 1 N–H and O–H groups in total. The molecule has 1 aliphatic rings. The summed E-state index contributed by atoms with van der Waals surface area (Å²) in [5.41, 5.74) is 0.655. The van der Waals surface area contributed by atoms with Crippen LogP contribution in [0.3, 0.4) is 0 Å². The fourth-order valence-electron chi connectivity index (χ4n) is 2.17. The van der Waals surface area contributed by atoms with E-state index in [0.717, 1.165) is 25.9 Å². The molecule has 104 valence electrons. The van der Waals surface area contributed by atoms with E-state index in [1.165, 1.54) is 6.33 Å². The molecule has 2 rings (SSSR count). The Bertz CT molecular complexity index is 428. The minimum Gasteiger partial charge on any atom is -0.381 e. The van der Waals surface area contributed by atoms with E-state index in [2.05, 4.69) is 15.3 Å². The molecule has 1 aromatic rings. The van der Waals surface area contributed by atoms with Gasteiger partial charge in [0.15, 0.2) is 5.82 Å². The van der Waals surface area contributed by atoms with Gasteiger partial charge in [0.1, 0.15) is 12.0 Å². The van der Waals surface area contributed by atoms with Gasteiger partial charge in [-0.1, -0.05) is 0 Å². The fraction of sp³-hybridized carbons (Fsp3) is 0.615. The van der Waals surface area contributed by atoms with E-state index in [-0.39, 0.29) is 11.8 Å². The summed E-state index contributed by atoms with van der Waals surface area (Å²) in [6.07, 6.45) is 5.69. The molecule has 2 heterocycles. The highest BCUT2D eigenvalue weighted by Gasteiger charge is 2.21. The number of amides is 1. The number of rotatable bonds is 3. The first-order valence-electron chi connectivity index (χ1n) is 6.54. The van der Waals surface area contributed by atoms with E-state index in [0.29, 0.717) is 18.1 Å². The Morgan fingerprint density at radius 3 is 3.05 bits per heavy atom. The first-order chi connectivity index (χ1) is 9.18. The molecular formula is C13H20N4O2. The van der Waals surface area contributed by atoms with Crippen LogP contribution in [0.25, 0.3) is 0 Å². The van der Waals surface area contributed by atoms with Crippen LogP contribution in [0.1, 0.15) is 19.3 Å². The van der Waals surface area contributed by atoms with Crippen molar-refractivity contribution < 1.29 is 9.53 Å². The summed E-state index contributed by atoms with van der Waals surface area (Å²) in [6, 6.07) is 0. The summed E-state index contributed by atoms with van der Waals surface area (Å²) in [4.78, 5) is 22.2. The third-order valence-corrected chi connectivity index (χ3v) is 3.20. The number of ether oxygens (including phenoxy) is 1. The number of carbonyl (C=O) groups is 1. The Kier molecular flexibility index (Phi) is 4.68. The van der Waals surface area contributed by atoms with Gasteiger partial charge < -0.3 is 15.0 Å². The van der Waals surface area contributed by atoms with Gasteiger partial charge >= 0.3 is 0 Å². The lowest BCUT2D eigenvalue weighted by molar-refractivity contribution is -0.120. The highest BCUT2D eigenvalue weighted by molar-refractivity contribution is 5.94. The van der Waals surface area contributed by atoms with Crippen molar-refractivity contribution >= 4 is 17.4 Å². The zero-order chi connectivity index (χ0) is 13.7. The predicted molar refractivity (Wildman–Crippen MR) is 73.1 cm³/mol. The lowest BCUT2D eigenvalue weighted by Crippen LogP contribution is -2.25. The highest BCUT2D eigenvalue weighted by atomic mass is 16.5. The van der Waals surface area contributed by atoms with Gasteiger partial charge in [-0.2, -0.15) is 0 Å². The molecule has 0 saturated carbocycles. The monoisotopic (exact) mass is 264 g/mol. The molecule has 6 nitrogen and oxygen atoms in total. The van der Waals surface area contributed by atoms with Crippen LogP contribution in [0, 0.1) is 5.92 Å². The second-order valence-corrected chi connectivity index (χ2v) is 4.88. The van der Waals surface area contributed by atoms with E-state index in [4.69, 9.17) is 4.74 Å². The second-order valence-electron chi connectivity index (χ2n) is 4.88. The van der Waals surface area contributed by atoms with Crippen molar-refractivity contribution in [2.24, 2.45) is 5.92 Å². The van der Waals surface area contributed by atoms with Crippen LogP contribution >= 0.6 is 0 Å². The average Bonchev–Trinajstić information content (AvgIpc) is 2.68.